The Labute approximate surface area is 174 Å². The fourth-order valence-corrected chi connectivity index (χ4v) is 4.79. The number of H-pyrrole nitrogens is 1. The maximum atomic E-state index is 12.8. The Morgan fingerprint density at radius 2 is 1.67 bits per heavy atom. The second kappa shape index (κ2) is 7.37. The van der Waals surface area contributed by atoms with Crippen LogP contribution in [0.25, 0.3) is 11.1 Å². The number of aliphatic carboxylic acids is 1. The van der Waals surface area contributed by atoms with Gasteiger partial charge in [-0.1, -0.05) is 48.5 Å². The lowest BCUT2D eigenvalue weighted by molar-refractivity contribution is -0.141. The molecule has 2 aliphatic rings. The molecule has 2 atom stereocenters. The second-order valence-electron chi connectivity index (χ2n) is 7.90. The van der Waals surface area contributed by atoms with Crippen LogP contribution in [0.4, 0.5) is 4.79 Å². The van der Waals surface area contributed by atoms with E-state index in [2.05, 4.69) is 29.2 Å². The lowest BCUT2D eigenvalue weighted by Crippen LogP contribution is -2.31. The molecule has 5 rings (SSSR count). The Hall–Kier alpha value is -3.54. The van der Waals surface area contributed by atoms with Crippen LogP contribution in [0.2, 0.25) is 0 Å². The van der Waals surface area contributed by atoms with Crippen LogP contribution in [0, 0.1) is 5.92 Å². The van der Waals surface area contributed by atoms with Crippen LogP contribution >= 0.6 is 0 Å². The van der Waals surface area contributed by atoms with Gasteiger partial charge in [-0.3, -0.25) is 4.79 Å². The molecule has 2 heterocycles. The zero-order valence-electron chi connectivity index (χ0n) is 16.3. The third-order valence-electron chi connectivity index (χ3n) is 6.28. The van der Waals surface area contributed by atoms with Crippen molar-refractivity contribution >= 4 is 12.1 Å². The largest absolute Gasteiger partial charge is 0.481 e. The third-order valence-corrected chi connectivity index (χ3v) is 6.28. The quantitative estimate of drug-likeness (QED) is 0.689. The van der Waals surface area contributed by atoms with Crippen LogP contribution in [0.15, 0.2) is 67.0 Å². The molecular formula is C24H22N2O4. The molecule has 30 heavy (non-hydrogen) atoms. The van der Waals surface area contributed by atoms with Crippen molar-refractivity contribution in [3.63, 3.8) is 0 Å². The average Bonchev–Trinajstić information content (AvgIpc) is 3.49. The summed E-state index contributed by atoms with van der Waals surface area (Å²) in [7, 11) is 0. The third kappa shape index (κ3) is 3.05. The Bertz CT molecular complexity index is 1050. The number of fused-ring (bicyclic) bond motifs is 3. The summed E-state index contributed by atoms with van der Waals surface area (Å²) < 4.78 is 5.70. The first-order valence-electron chi connectivity index (χ1n) is 10.1. The van der Waals surface area contributed by atoms with Crippen molar-refractivity contribution in [2.45, 2.75) is 11.8 Å². The summed E-state index contributed by atoms with van der Waals surface area (Å²) in [6.45, 7) is 0.725. The van der Waals surface area contributed by atoms with E-state index in [4.69, 9.17) is 4.74 Å². The highest BCUT2D eigenvalue weighted by Crippen LogP contribution is 2.44. The minimum absolute atomic E-state index is 0.0142. The number of hydrogen-bond acceptors (Lipinski definition) is 3. The molecule has 2 N–H and O–H groups in total. The molecule has 1 saturated heterocycles. The van der Waals surface area contributed by atoms with E-state index in [1.54, 1.807) is 12.4 Å². The summed E-state index contributed by atoms with van der Waals surface area (Å²) in [5.41, 5.74) is 5.56. The number of benzene rings is 2. The van der Waals surface area contributed by atoms with Gasteiger partial charge in [0.1, 0.15) is 6.61 Å². The van der Waals surface area contributed by atoms with Gasteiger partial charge in [-0.2, -0.15) is 0 Å². The van der Waals surface area contributed by atoms with E-state index in [1.165, 1.54) is 16.0 Å². The van der Waals surface area contributed by atoms with Crippen LogP contribution in [0.5, 0.6) is 0 Å². The molecule has 2 unspecified atom stereocenters. The number of nitrogens with one attached hydrogen (secondary N) is 1. The lowest BCUT2D eigenvalue weighted by Gasteiger charge is -2.19. The van der Waals surface area contributed by atoms with E-state index in [0.29, 0.717) is 6.54 Å². The minimum Gasteiger partial charge on any atom is -0.481 e. The number of rotatable bonds is 4. The van der Waals surface area contributed by atoms with Crippen LogP contribution in [-0.2, 0) is 9.53 Å². The van der Waals surface area contributed by atoms with Gasteiger partial charge in [0.25, 0.3) is 0 Å². The molecule has 0 radical (unpaired) electrons. The highest BCUT2D eigenvalue weighted by molar-refractivity contribution is 5.79. The monoisotopic (exact) mass is 402 g/mol. The normalized spacial score (nSPS) is 20.1. The Morgan fingerprint density at radius 3 is 2.27 bits per heavy atom. The summed E-state index contributed by atoms with van der Waals surface area (Å²) in [6.07, 6.45) is 3.10. The maximum absolute atomic E-state index is 12.8. The van der Waals surface area contributed by atoms with Gasteiger partial charge in [-0.15, -0.1) is 0 Å². The molecule has 1 fully saturated rings. The summed E-state index contributed by atoms with van der Waals surface area (Å²) in [5, 5.41) is 9.61. The van der Waals surface area contributed by atoms with Gasteiger partial charge >= 0.3 is 12.1 Å². The zero-order chi connectivity index (χ0) is 20.7. The van der Waals surface area contributed by atoms with Gasteiger partial charge < -0.3 is 19.7 Å². The Morgan fingerprint density at radius 1 is 1.00 bits per heavy atom. The number of carbonyl (C=O) groups excluding carboxylic acids is 1. The summed E-state index contributed by atoms with van der Waals surface area (Å²) in [6, 6.07) is 18.2. The predicted octanol–water partition coefficient (Wildman–Crippen LogP) is 4.06. The topological polar surface area (TPSA) is 82.6 Å². The van der Waals surface area contributed by atoms with Crippen LogP contribution in [-0.4, -0.2) is 46.7 Å². The molecule has 1 aliphatic carbocycles. The van der Waals surface area contributed by atoms with Crippen molar-refractivity contribution in [2.24, 2.45) is 5.92 Å². The van der Waals surface area contributed by atoms with E-state index in [-0.39, 0.29) is 25.0 Å². The van der Waals surface area contributed by atoms with Crippen molar-refractivity contribution in [1.82, 2.24) is 9.88 Å². The number of carboxylic acids is 1. The summed E-state index contributed by atoms with van der Waals surface area (Å²) in [4.78, 5) is 29.0. The van der Waals surface area contributed by atoms with E-state index in [0.717, 1.165) is 16.7 Å². The Balaban J connectivity index is 1.32. The zero-order valence-corrected chi connectivity index (χ0v) is 16.3. The summed E-state index contributed by atoms with van der Waals surface area (Å²) >= 11 is 0. The number of carboxylic acid groups (broad SMARTS) is 1. The average molecular weight is 402 g/mol. The first kappa shape index (κ1) is 18.5. The van der Waals surface area contributed by atoms with Gasteiger partial charge in [0.15, 0.2) is 0 Å². The van der Waals surface area contributed by atoms with Crippen molar-refractivity contribution in [1.29, 1.82) is 0 Å². The van der Waals surface area contributed by atoms with Gasteiger partial charge in [0.2, 0.25) is 0 Å². The van der Waals surface area contributed by atoms with Crippen molar-refractivity contribution in [3.05, 3.63) is 83.7 Å². The molecule has 6 nitrogen and oxygen atoms in total. The molecule has 6 heteroatoms. The van der Waals surface area contributed by atoms with Gasteiger partial charge in [-0.25, -0.2) is 4.79 Å². The second-order valence-corrected chi connectivity index (χ2v) is 7.90. The highest BCUT2D eigenvalue weighted by Gasteiger charge is 2.41. The van der Waals surface area contributed by atoms with Crippen molar-refractivity contribution < 1.29 is 19.4 Å². The van der Waals surface area contributed by atoms with Crippen LogP contribution < -0.4 is 0 Å². The molecular weight excluding hydrogens is 380 g/mol. The molecule has 0 spiro atoms. The van der Waals surface area contributed by atoms with E-state index >= 15 is 0 Å². The molecule has 1 aliphatic heterocycles. The minimum atomic E-state index is -0.893. The molecule has 152 valence electrons. The van der Waals surface area contributed by atoms with Crippen LogP contribution in [0.1, 0.15) is 28.5 Å². The van der Waals surface area contributed by atoms with E-state index in [9.17, 15) is 14.7 Å². The summed E-state index contributed by atoms with van der Waals surface area (Å²) in [5.74, 6) is -1.79. The highest BCUT2D eigenvalue weighted by atomic mass is 16.6. The number of aromatic amines is 1. The first-order chi connectivity index (χ1) is 14.6. The number of nitrogens with zero attached hydrogens (tertiary/aromatic N) is 1. The SMILES string of the molecule is O=C(O)C1CN(C(=O)OCC2c3ccccc3-c3ccccc32)CC1c1cc[nH]c1. The number of hydrogen-bond donors (Lipinski definition) is 2. The first-order valence-corrected chi connectivity index (χ1v) is 10.1. The van der Waals surface area contributed by atoms with Crippen molar-refractivity contribution in [2.75, 3.05) is 19.7 Å². The van der Waals surface area contributed by atoms with Gasteiger partial charge in [0.05, 0.1) is 5.92 Å². The molecule has 0 bridgehead atoms. The molecule has 0 saturated carbocycles. The predicted molar refractivity (Wildman–Crippen MR) is 111 cm³/mol. The standard InChI is InChI=1S/C24H22N2O4/c27-23(28)21-13-26(12-20(21)15-9-10-25-11-15)24(29)30-14-22-18-7-3-1-5-16(18)17-6-2-4-8-19(17)22/h1-11,20-22,25H,12-14H2,(H,27,28). The lowest BCUT2D eigenvalue weighted by atomic mass is 9.91. The molecule has 3 aromatic rings. The van der Waals surface area contributed by atoms with Crippen LogP contribution in [0.3, 0.4) is 0 Å². The number of carbonyl (C=O) groups is 2. The number of likely N-dealkylation sites (tertiary alicyclic amines) is 1. The molecule has 1 amide bonds. The number of ether oxygens (including phenoxy) is 1. The fraction of sp³-hybridized carbons (Fsp3) is 0.250. The van der Waals surface area contributed by atoms with E-state index in [1.807, 2.05) is 30.3 Å². The molecule has 2 aromatic carbocycles. The van der Waals surface area contributed by atoms with Gasteiger partial charge in [-0.05, 0) is 33.9 Å². The number of amides is 1. The maximum Gasteiger partial charge on any atom is 0.409 e. The Kier molecular flexibility index (Phi) is 4.54. The van der Waals surface area contributed by atoms with Crippen molar-refractivity contribution in [3.8, 4) is 11.1 Å². The van der Waals surface area contributed by atoms with Gasteiger partial charge in [0, 0.05) is 37.3 Å². The van der Waals surface area contributed by atoms with E-state index < -0.39 is 18.0 Å². The number of aromatic nitrogens is 1. The fourth-order valence-electron chi connectivity index (χ4n) is 4.79. The smallest absolute Gasteiger partial charge is 0.409 e. The molecule has 1 aromatic heterocycles.